The van der Waals surface area contributed by atoms with Gasteiger partial charge in [-0.1, -0.05) is 6.07 Å². The van der Waals surface area contributed by atoms with Gasteiger partial charge in [-0.25, -0.2) is 0 Å². The van der Waals surface area contributed by atoms with Gasteiger partial charge in [-0.05, 0) is 85.6 Å². The smallest absolute Gasteiger partial charge is 0.248 e. The zero-order valence-electron chi connectivity index (χ0n) is 18.7. The van der Waals surface area contributed by atoms with Gasteiger partial charge in [-0.3, -0.25) is 9.48 Å². The van der Waals surface area contributed by atoms with E-state index in [0.717, 1.165) is 21.5 Å². The number of carbonyl (C=O) groups excluding carboxylic acids is 1. The lowest BCUT2D eigenvalue weighted by molar-refractivity contribution is -0.119. The Hall–Kier alpha value is -3.00. The van der Waals surface area contributed by atoms with Gasteiger partial charge in [0.2, 0.25) is 5.91 Å². The first-order valence-corrected chi connectivity index (χ1v) is 11.3. The summed E-state index contributed by atoms with van der Waals surface area (Å²) in [5, 5.41) is 7.17. The third-order valence-corrected chi connectivity index (χ3v) is 5.64. The van der Waals surface area contributed by atoms with Crippen LogP contribution < -0.4 is 19.5 Å². The number of nitrogens with zero attached hydrogens (tertiary/aromatic N) is 2. The molecule has 1 aromatic heterocycles. The minimum absolute atomic E-state index is 0.143. The highest BCUT2D eigenvalue weighted by atomic mass is 79.9. The van der Waals surface area contributed by atoms with Gasteiger partial charge >= 0.3 is 0 Å². The van der Waals surface area contributed by atoms with Gasteiger partial charge in [0, 0.05) is 5.69 Å². The summed E-state index contributed by atoms with van der Waals surface area (Å²) in [6.45, 7) is 9.14. The van der Waals surface area contributed by atoms with Crippen LogP contribution in [0.1, 0.15) is 38.1 Å². The van der Waals surface area contributed by atoms with E-state index >= 15 is 0 Å². The number of hydrogen-bond donors (Lipinski definition) is 1. The van der Waals surface area contributed by atoms with E-state index in [1.165, 1.54) is 0 Å². The summed E-state index contributed by atoms with van der Waals surface area (Å²) < 4.78 is 19.7. The Kier molecular flexibility index (Phi) is 8.16. The Bertz CT molecular complexity index is 1050. The van der Waals surface area contributed by atoms with Crippen molar-refractivity contribution in [3.05, 3.63) is 64.4 Å². The van der Waals surface area contributed by atoms with Gasteiger partial charge in [0.25, 0.3) is 0 Å². The molecule has 3 aromatic rings. The van der Waals surface area contributed by atoms with Crippen molar-refractivity contribution in [2.45, 2.75) is 40.3 Å². The molecule has 1 N–H and O–H groups in total. The van der Waals surface area contributed by atoms with Crippen LogP contribution in [-0.2, 0) is 11.4 Å². The normalized spacial score (nSPS) is 11.7. The van der Waals surface area contributed by atoms with E-state index in [-0.39, 0.29) is 5.91 Å². The van der Waals surface area contributed by atoms with Gasteiger partial charge in [-0.15, -0.1) is 0 Å². The Balaban J connectivity index is 1.58. The van der Waals surface area contributed by atoms with Crippen LogP contribution in [0.25, 0.3) is 0 Å². The van der Waals surface area contributed by atoms with Crippen molar-refractivity contribution in [1.29, 1.82) is 0 Å². The molecule has 0 aliphatic carbocycles. The SMILES string of the molecule is CCOc1ccc(COc2ccc(NC(=O)C(C)n3ncc(Br)c3C)cc2)cc1OCC. The standard InChI is InChI=1S/C24H28BrN3O4/c1-5-30-22-12-7-18(13-23(22)31-6-2)15-32-20-10-8-19(9-11-20)27-24(29)17(4)28-16(3)21(25)14-26-28/h7-14,17H,5-6,15H2,1-4H3,(H,27,29). The number of anilines is 1. The zero-order valence-corrected chi connectivity index (χ0v) is 20.3. The van der Waals surface area contributed by atoms with Gasteiger partial charge in [0.05, 0.1) is 29.6 Å². The first-order valence-electron chi connectivity index (χ1n) is 10.5. The molecule has 3 rings (SSSR count). The van der Waals surface area contributed by atoms with Crippen LogP contribution in [0.4, 0.5) is 5.69 Å². The van der Waals surface area contributed by atoms with Crippen LogP contribution in [0.5, 0.6) is 17.2 Å². The zero-order chi connectivity index (χ0) is 23.1. The monoisotopic (exact) mass is 501 g/mol. The van der Waals surface area contributed by atoms with Crippen LogP contribution in [0.15, 0.2) is 53.1 Å². The fourth-order valence-corrected chi connectivity index (χ4v) is 3.41. The molecule has 2 aromatic carbocycles. The maximum absolute atomic E-state index is 12.6. The molecular formula is C24H28BrN3O4. The van der Waals surface area contributed by atoms with Crippen molar-refractivity contribution < 1.29 is 19.0 Å². The van der Waals surface area contributed by atoms with Crippen LogP contribution >= 0.6 is 15.9 Å². The summed E-state index contributed by atoms with van der Waals surface area (Å²) in [7, 11) is 0. The molecule has 0 fully saturated rings. The molecular weight excluding hydrogens is 474 g/mol. The summed E-state index contributed by atoms with van der Waals surface area (Å²) in [5.74, 6) is 2.00. The quantitative estimate of drug-likeness (QED) is 0.395. The van der Waals surface area contributed by atoms with Crippen LogP contribution in [0, 0.1) is 6.92 Å². The third-order valence-electron chi connectivity index (χ3n) is 4.87. The van der Waals surface area contributed by atoms with Gasteiger partial charge in [-0.2, -0.15) is 5.10 Å². The highest BCUT2D eigenvalue weighted by molar-refractivity contribution is 9.10. The van der Waals surface area contributed by atoms with Crippen molar-refractivity contribution in [2.75, 3.05) is 18.5 Å². The van der Waals surface area contributed by atoms with E-state index in [0.29, 0.717) is 37.0 Å². The molecule has 0 saturated carbocycles. The van der Waals surface area contributed by atoms with Gasteiger partial charge in [0.1, 0.15) is 18.4 Å². The van der Waals surface area contributed by atoms with Crippen LogP contribution in [0.2, 0.25) is 0 Å². The van der Waals surface area contributed by atoms with Crippen LogP contribution in [0.3, 0.4) is 0 Å². The fourth-order valence-electron chi connectivity index (χ4n) is 3.14. The number of halogens is 1. The molecule has 1 atom stereocenters. The second kappa shape index (κ2) is 11.0. The molecule has 1 heterocycles. The topological polar surface area (TPSA) is 74.6 Å². The predicted molar refractivity (Wildman–Crippen MR) is 128 cm³/mol. The van der Waals surface area contributed by atoms with Crippen molar-refractivity contribution >= 4 is 27.5 Å². The maximum atomic E-state index is 12.6. The van der Waals surface area contributed by atoms with Gasteiger partial charge in [0.15, 0.2) is 11.5 Å². The highest BCUT2D eigenvalue weighted by Crippen LogP contribution is 2.29. The lowest BCUT2D eigenvalue weighted by atomic mass is 10.2. The lowest BCUT2D eigenvalue weighted by Gasteiger charge is -2.15. The summed E-state index contributed by atoms with van der Waals surface area (Å²) in [4.78, 5) is 12.6. The van der Waals surface area contributed by atoms with Crippen molar-refractivity contribution in [3.63, 3.8) is 0 Å². The molecule has 0 aliphatic rings. The maximum Gasteiger partial charge on any atom is 0.248 e. The first kappa shape index (κ1) is 23.7. The molecule has 7 nitrogen and oxygen atoms in total. The molecule has 0 bridgehead atoms. The largest absolute Gasteiger partial charge is 0.490 e. The average molecular weight is 502 g/mol. The number of rotatable bonds is 10. The first-order chi connectivity index (χ1) is 15.4. The number of aromatic nitrogens is 2. The minimum atomic E-state index is -0.434. The second-order valence-electron chi connectivity index (χ2n) is 7.15. The Morgan fingerprint density at radius 3 is 2.38 bits per heavy atom. The summed E-state index contributed by atoms with van der Waals surface area (Å²) in [6.07, 6.45) is 1.69. The number of amides is 1. The van der Waals surface area contributed by atoms with E-state index < -0.39 is 6.04 Å². The molecule has 1 unspecified atom stereocenters. The number of benzene rings is 2. The molecule has 32 heavy (non-hydrogen) atoms. The third kappa shape index (κ3) is 5.82. The Morgan fingerprint density at radius 2 is 1.75 bits per heavy atom. The summed E-state index contributed by atoms with van der Waals surface area (Å²) in [6, 6.07) is 12.6. The lowest BCUT2D eigenvalue weighted by Crippen LogP contribution is -2.25. The van der Waals surface area contributed by atoms with Crippen molar-refractivity contribution in [1.82, 2.24) is 9.78 Å². The van der Waals surface area contributed by atoms with E-state index in [1.807, 2.05) is 70.2 Å². The van der Waals surface area contributed by atoms with E-state index in [1.54, 1.807) is 10.9 Å². The second-order valence-corrected chi connectivity index (χ2v) is 8.00. The number of ether oxygens (including phenoxy) is 3. The average Bonchev–Trinajstić information content (AvgIpc) is 3.12. The number of nitrogens with one attached hydrogen (secondary N) is 1. The van der Waals surface area contributed by atoms with E-state index in [2.05, 4.69) is 26.3 Å². The minimum Gasteiger partial charge on any atom is -0.490 e. The number of hydrogen-bond acceptors (Lipinski definition) is 5. The summed E-state index contributed by atoms with van der Waals surface area (Å²) in [5.41, 5.74) is 2.57. The van der Waals surface area contributed by atoms with Crippen molar-refractivity contribution in [2.24, 2.45) is 0 Å². The van der Waals surface area contributed by atoms with Gasteiger partial charge < -0.3 is 19.5 Å². The van der Waals surface area contributed by atoms with Crippen molar-refractivity contribution in [3.8, 4) is 17.2 Å². The molecule has 8 heteroatoms. The fraction of sp³-hybridized carbons (Fsp3) is 0.333. The highest BCUT2D eigenvalue weighted by Gasteiger charge is 2.18. The van der Waals surface area contributed by atoms with E-state index in [4.69, 9.17) is 14.2 Å². The summed E-state index contributed by atoms with van der Waals surface area (Å²) >= 11 is 3.42. The molecule has 0 aliphatic heterocycles. The van der Waals surface area contributed by atoms with Crippen LogP contribution in [-0.4, -0.2) is 28.9 Å². The molecule has 170 valence electrons. The molecule has 0 spiro atoms. The number of carbonyl (C=O) groups is 1. The molecule has 1 amide bonds. The van der Waals surface area contributed by atoms with E-state index in [9.17, 15) is 4.79 Å². The Morgan fingerprint density at radius 1 is 1.06 bits per heavy atom. The molecule has 0 saturated heterocycles. The molecule has 0 radical (unpaired) electrons. The Labute approximate surface area is 196 Å². The predicted octanol–water partition coefficient (Wildman–Crippen LogP) is 5.53.